The van der Waals surface area contributed by atoms with Crippen LogP contribution < -0.4 is 4.89 Å². The van der Waals surface area contributed by atoms with Crippen LogP contribution in [0.2, 0.25) is 0 Å². The predicted octanol–water partition coefficient (Wildman–Crippen LogP) is 3.89. The molecule has 1 aromatic carbocycles. The summed E-state index contributed by atoms with van der Waals surface area (Å²) >= 11 is 0. The molecule has 0 unspecified atom stereocenters. The number of phenols is 1. The molecular formula is C17H26O5. The number of aromatic hydroxyl groups is 1. The van der Waals surface area contributed by atoms with Crippen molar-refractivity contribution in [3.8, 4) is 11.5 Å². The van der Waals surface area contributed by atoms with Crippen molar-refractivity contribution in [1.29, 1.82) is 0 Å². The van der Waals surface area contributed by atoms with Gasteiger partial charge >= 0.3 is 5.97 Å². The van der Waals surface area contributed by atoms with Crippen LogP contribution in [0, 0.1) is 0 Å². The van der Waals surface area contributed by atoms with Crippen molar-refractivity contribution in [3.05, 3.63) is 22.3 Å². The molecule has 0 aliphatic heterocycles. The van der Waals surface area contributed by atoms with E-state index in [0.29, 0.717) is 12.8 Å². The Hall–Kier alpha value is -1.75. The zero-order valence-corrected chi connectivity index (χ0v) is 13.9. The minimum Gasteiger partial charge on any atom is -0.504 e. The van der Waals surface area contributed by atoms with Crippen LogP contribution in [0.3, 0.4) is 0 Å². The first-order chi connectivity index (χ1) is 10.5. The topological polar surface area (TPSA) is 76.0 Å². The number of carboxylic acids is 1. The molecule has 0 saturated heterocycles. The maximum atomic E-state index is 11.6. The zero-order valence-electron chi connectivity index (χ0n) is 13.9. The highest BCUT2D eigenvalue weighted by atomic mass is 17.2. The standard InChI is InChI=1S/C17H26O5/c1-5-8-11-12(9-6-2)14(17(19)20)15(18)16(22-21-4)13(11)10-7-3/h18H,5-10H2,1-4H3,(H,19,20). The summed E-state index contributed by atoms with van der Waals surface area (Å²) in [5.74, 6) is -1.33. The molecule has 0 heterocycles. The number of carboxylic acid groups (broad SMARTS) is 1. The fraction of sp³-hybridized carbons (Fsp3) is 0.588. The fourth-order valence-corrected chi connectivity index (χ4v) is 2.86. The van der Waals surface area contributed by atoms with Crippen LogP contribution in [0.4, 0.5) is 0 Å². The summed E-state index contributed by atoms with van der Waals surface area (Å²) < 4.78 is 0. The third-order valence-corrected chi connectivity index (χ3v) is 3.64. The van der Waals surface area contributed by atoms with Crippen LogP contribution in [0.15, 0.2) is 0 Å². The molecule has 1 aromatic rings. The van der Waals surface area contributed by atoms with Crippen molar-refractivity contribution < 1.29 is 24.8 Å². The highest BCUT2D eigenvalue weighted by Crippen LogP contribution is 2.41. The van der Waals surface area contributed by atoms with E-state index in [1.807, 2.05) is 13.8 Å². The Labute approximate surface area is 131 Å². The van der Waals surface area contributed by atoms with Crippen molar-refractivity contribution >= 4 is 5.97 Å². The zero-order chi connectivity index (χ0) is 16.7. The van der Waals surface area contributed by atoms with Crippen molar-refractivity contribution in [2.75, 3.05) is 7.11 Å². The summed E-state index contributed by atoms with van der Waals surface area (Å²) in [6.07, 6.45) is 4.66. The molecule has 0 radical (unpaired) electrons. The van der Waals surface area contributed by atoms with Crippen LogP contribution in [-0.4, -0.2) is 23.3 Å². The first-order valence-electron chi connectivity index (χ1n) is 7.86. The molecule has 2 N–H and O–H groups in total. The van der Waals surface area contributed by atoms with E-state index in [2.05, 4.69) is 6.92 Å². The van der Waals surface area contributed by atoms with Gasteiger partial charge in [0.2, 0.25) is 5.75 Å². The number of hydrogen-bond donors (Lipinski definition) is 2. The predicted molar refractivity (Wildman–Crippen MR) is 84.7 cm³/mol. The highest BCUT2D eigenvalue weighted by Gasteiger charge is 2.27. The highest BCUT2D eigenvalue weighted by molar-refractivity contribution is 5.94. The Balaban J connectivity index is 3.74. The van der Waals surface area contributed by atoms with E-state index in [0.717, 1.165) is 42.4 Å². The molecule has 0 fully saturated rings. The molecule has 22 heavy (non-hydrogen) atoms. The molecule has 0 atom stereocenters. The summed E-state index contributed by atoms with van der Waals surface area (Å²) in [7, 11) is 1.34. The van der Waals surface area contributed by atoms with Gasteiger partial charge in [0.05, 0.1) is 7.11 Å². The van der Waals surface area contributed by atoms with Crippen LogP contribution in [0.25, 0.3) is 0 Å². The Bertz CT molecular complexity index is 523. The second-order valence-corrected chi connectivity index (χ2v) is 5.29. The molecule has 0 spiro atoms. The molecule has 5 heteroatoms. The van der Waals surface area contributed by atoms with Gasteiger partial charge in [-0.15, -0.1) is 0 Å². The number of rotatable bonds is 9. The third kappa shape index (κ3) is 3.71. The van der Waals surface area contributed by atoms with Gasteiger partial charge in [-0.3, -0.25) is 0 Å². The second-order valence-electron chi connectivity index (χ2n) is 5.29. The maximum absolute atomic E-state index is 11.6. The minimum atomic E-state index is -1.14. The van der Waals surface area contributed by atoms with Gasteiger partial charge < -0.3 is 15.1 Å². The number of benzene rings is 1. The quantitative estimate of drug-likeness (QED) is 0.534. The van der Waals surface area contributed by atoms with Gasteiger partial charge in [0, 0.05) is 5.56 Å². The average molecular weight is 310 g/mol. The van der Waals surface area contributed by atoms with Gasteiger partial charge in [0.25, 0.3) is 0 Å². The van der Waals surface area contributed by atoms with Gasteiger partial charge in [0.1, 0.15) is 5.56 Å². The Kier molecular flexibility index (Phi) is 7.18. The Morgan fingerprint density at radius 1 is 0.955 bits per heavy atom. The van der Waals surface area contributed by atoms with Crippen LogP contribution in [0.5, 0.6) is 11.5 Å². The van der Waals surface area contributed by atoms with E-state index in [1.165, 1.54) is 7.11 Å². The SMILES string of the molecule is CCCc1c(CCC)c(OOC)c(O)c(C(=O)O)c1CCC. The summed E-state index contributed by atoms with van der Waals surface area (Å²) in [4.78, 5) is 21.5. The largest absolute Gasteiger partial charge is 0.504 e. The molecule has 0 aliphatic carbocycles. The summed E-state index contributed by atoms with van der Waals surface area (Å²) in [6, 6.07) is 0. The molecule has 0 amide bonds. The number of hydrogen-bond acceptors (Lipinski definition) is 4. The van der Waals surface area contributed by atoms with Gasteiger partial charge in [-0.1, -0.05) is 40.0 Å². The lowest BCUT2D eigenvalue weighted by Crippen LogP contribution is -2.12. The smallest absolute Gasteiger partial charge is 0.339 e. The Morgan fingerprint density at radius 2 is 1.45 bits per heavy atom. The van der Waals surface area contributed by atoms with Crippen molar-refractivity contribution in [3.63, 3.8) is 0 Å². The van der Waals surface area contributed by atoms with E-state index in [1.54, 1.807) is 0 Å². The molecule has 5 nitrogen and oxygen atoms in total. The first kappa shape index (κ1) is 18.3. The third-order valence-electron chi connectivity index (χ3n) is 3.64. The first-order valence-corrected chi connectivity index (χ1v) is 7.86. The molecule has 0 aromatic heterocycles. The van der Waals surface area contributed by atoms with E-state index < -0.39 is 5.97 Å². The number of aromatic carboxylic acids is 1. The normalized spacial score (nSPS) is 10.7. The van der Waals surface area contributed by atoms with E-state index in [-0.39, 0.29) is 17.1 Å². The lowest BCUT2D eigenvalue weighted by Gasteiger charge is -2.21. The van der Waals surface area contributed by atoms with E-state index in [9.17, 15) is 15.0 Å². The average Bonchev–Trinajstić information content (AvgIpc) is 2.47. The summed E-state index contributed by atoms with van der Waals surface area (Å²) in [5, 5.41) is 19.9. The maximum Gasteiger partial charge on any atom is 0.339 e. The summed E-state index contributed by atoms with van der Waals surface area (Å²) in [5.41, 5.74) is 2.50. The number of carbonyl (C=O) groups is 1. The van der Waals surface area contributed by atoms with Crippen LogP contribution in [-0.2, 0) is 24.2 Å². The lowest BCUT2D eigenvalue weighted by atomic mass is 9.87. The molecular weight excluding hydrogens is 284 g/mol. The molecule has 0 saturated carbocycles. The van der Waals surface area contributed by atoms with Crippen molar-refractivity contribution in [2.45, 2.75) is 59.3 Å². The Morgan fingerprint density at radius 3 is 1.91 bits per heavy atom. The van der Waals surface area contributed by atoms with E-state index >= 15 is 0 Å². The van der Waals surface area contributed by atoms with Crippen LogP contribution in [0.1, 0.15) is 67.1 Å². The van der Waals surface area contributed by atoms with Crippen LogP contribution >= 0.6 is 0 Å². The van der Waals surface area contributed by atoms with Crippen molar-refractivity contribution in [1.82, 2.24) is 0 Å². The van der Waals surface area contributed by atoms with Gasteiger partial charge in [-0.2, -0.15) is 4.89 Å². The van der Waals surface area contributed by atoms with Gasteiger partial charge in [-0.25, -0.2) is 4.79 Å². The van der Waals surface area contributed by atoms with Gasteiger partial charge in [-0.05, 0) is 30.4 Å². The molecule has 124 valence electrons. The minimum absolute atomic E-state index is 0.0581. The second kappa shape index (κ2) is 8.63. The monoisotopic (exact) mass is 310 g/mol. The van der Waals surface area contributed by atoms with Gasteiger partial charge in [0.15, 0.2) is 5.75 Å². The lowest BCUT2D eigenvalue weighted by molar-refractivity contribution is -0.179. The molecule has 1 rings (SSSR count). The van der Waals surface area contributed by atoms with Crippen molar-refractivity contribution in [2.24, 2.45) is 0 Å². The molecule has 0 bridgehead atoms. The van der Waals surface area contributed by atoms with E-state index in [4.69, 9.17) is 9.78 Å². The molecule has 0 aliphatic rings. The fourth-order valence-electron chi connectivity index (χ4n) is 2.86. The summed E-state index contributed by atoms with van der Waals surface area (Å²) in [6.45, 7) is 6.08.